The fourth-order valence-electron chi connectivity index (χ4n) is 1.47. The first-order chi connectivity index (χ1) is 8.58. The van der Waals surface area contributed by atoms with Crippen molar-refractivity contribution in [2.45, 2.75) is 13.5 Å². The van der Waals surface area contributed by atoms with Crippen LogP contribution in [0.1, 0.15) is 11.3 Å². The Hall–Kier alpha value is -1.69. The maximum absolute atomic E-state index is 13.6. The van der Waals surface area contributed by atoms with Gasteiger partial charge in [-0.25, -0.2) is 14.4 Å². The average Bonchev–Trinajstić information content (AvgIpc) is 2.33. The molecular formula is C12H12BrFN4. The zero-order valence-electron chi connectivity index (χ0n) is 9.74. The second-order valence-corrected chi connectivity index (χ2v) is 4.73. The summed E-state index contributed by atoms with van der Waals surface area (Å²) in [7, 11) is 0. The van der Waals surface area contributed by atoms with Gasteiger partial charge in [0.15, 0.2) is 5.82 Å². The molecule has 1 aromatic carbocycles. The Morgan fingerprint density at radius 1 is 1.39 bits per heavy atom. The molecule has 18 heavy (non-hydrogen) atoms. The highest BCUT2D eigenvalue weighted by Crippen LogP contribution is 2.19. The van der Waals surface area contributed by atoms with Crippen LogP contribution >= 0.6 is 15.9 Å². The van der Waals surface area contributed by atoms with Gasteiger partial charge in [0.2, 0.25) is 0 Å². The third-order valence-electron chi connectivity index (χ3n) is 2.54. The number of anilines is 2. The van der Waals surface area contributed by atoms with Crippen LogP contribution in [-0.4, -0.2) is 9.97 Å². The van der Waals surface area contributed by atoms with Crippen LogP contribution in [0.4, 0.5) is 15.9 Å². The van der Waals surface area contributed by atoms with Crippen LogP contribution in [-0.2, 0) is 6.54 Å². The third kappa shape index (κ3) is 2.76. The summed E-state index contributed by atoms with van der Waals surface area (Å²) in [6, 6.07) is 4.91. The summed E-state index contributed by atoms with van der Waals surface area (Å²) in [6.45, 7) is 2.11. The molecular weight excluding hydrogens is 299 g/mol. The van der Waals surface area contributed by atoms with Gasteiger partial charge < -0.3 is 11.1 Å². The zero-order valence-corrected chi connectivity index (χ0v) is 11.3. The van der Waals surface area contributed by atoms with Gasteiger partial charge in [-0.05, 0) is 19.1 Å². The SMILES string of the molecule is Cc1ncnc(NCc2ccc(Br)cc2F)c1N. The minimum absolute atomic E-state index is 0.277. The first-order valence-corrected chi connectivity index (χ1v) is 6.12. The fraction of sp³-hybridized carbons (Fsp3) is 0.167. The van der Waals surface area contributed by atoms with E-state index in [0.717, 1.165) is 0 Å². The summed E-state index contributed by atoms with van der Waals surface area (Å²) < 4.78 is 14.3. The molecule has 0 saturated carbocycles. The summed E-state index contributed by atoms with van der Waals surface area (Å²) in [5, 5.41) is 3.00. The van der Waals surface area contributed by atoms with Gasteiger partial charge in [0.05, 0.1) is 11.4 Å². The molecule has 0 aliphatic carbocycles. The van der Waals surface area contributed by atoms with Gasteiger partial charge in [0.25, 0.3) is 0 Å². The Morgan fingerprint density at radius 2 is 2.17 bits per heavy atom. The predicted molar refractivity (Wildman–Crippen MR) is 72.6 cm³/mol. The molecule has 0 amide bonds. The lowest BCUT2D eigenvalue weighted by molar-refractivity contribution is 0.612. The topological polar surface area (TPSA) is 63.8 Å². The van der Waals surface area contributed by atoms with Gasteiger partial charge in [0, 0.05) is 16.6 Å². The van der Waals surface area contributed by atoms with E-state index < -0.39 is 0 Å². The summed E-state index contributed by atoms with van der Waals surface area (Å²) in [5.41, 5.74) is 7.55. The second-order valence-electron chi connectivity index (χ2n) is 3.81. The van der Waals surface area contributed by atoms with Crippen LogP contribution in [0.15, 0.2) is 29.0 Å². The van der Waals surface area contributed by atoms with Crippen LogP contribution < -0.4 is 11.1 Å². The lowest BCUT2D eigenvalue weighted by Crippen LogP contribution is -2.07. The molecule has 0 unspecified atom stereocenters. The first-order valence-electron chi connectivity index (χ1n) is 5.33. The maximum Gasteiger partial charge on any atom is 0.153 e. The standard InChI is InChI=1S/C12H12BrFN4/c1-7-11(15)12(18-6-17-7)16-5-8-2-3-9(13)4-10(8)14/h2-4,6H,5,15H2,1H3,(H,16,17,18). The van der Waals surface area contributed by atoms with Gasteiger partial charge >= 0.3 is 0 Å². The van der Waals surface area contributed by atoms with E-state index >= 15 is 0 Å². The number of nitrogens with one attached hydrogen (secondary N) is 1. The highest BCUT2D eigenvalue weighted by atomic mass is 79.9. The quantitative estimate of drug-likeness (QED) is 0.915. The van der Waals surface area contributed by atoms with E-state index in [1.807, 2.05) is 0 Å². The molecule has 0 spiro atoms. The molecule has 2 aromatic rings. The Kier molecular flexibility index (Phi) is 3.76. The van der Waals surface area contributed by atoms with Crippen molar-refractivity contribution in [2.75, 3.05) is 11.1 Å². The smallest absolute Gasteiger partial charge is 0.153 e. The van der Waals surface area contributed by atoms with E-state index in [-0.39, 0.29) is 5.82 Å². The first kappa shape index (κ1) is 12.8. The highest BCUT2D eigenvalue weighted by Gasteiger charge is 2.06. The van der Waals surface area contributed by atoms with Gasteiger partial charge in [-0.15, -0.1) is 0 Å². The number of aryl methyl sites for hydroxylation is 1. The molecule has 4 nitrogen and oxygen atoms in total. The van der Waals surface area contributed by atoms with Crippen LogP contribution in [0.2, 0.25) is 0 Å². The number of nitrogens with two attached hydrogens (primary N) is 1. The van der Waals surface area contributed by atoms with Crippen molar-refractivity contribution in [2.24, 2.45) is 0 Å². The lowest BCUT2D eigenvalue weighted by atomic mass is 10.2. The van der Waals surface area contributed by atoms with Crippen molar-refractivity contribution in [1.82, 2.24) is 9.97 Å². The number of halogens is 2. The molecule has 0 fully saturated rings. The zero-order chi connectivity index (χ0) is 13.1. The number of nitrogen functional groups attached to an aromatic ring is 1. The molecule has 2 rings (SSSR count). The molecule has 94 valence electrons. The van der Waals surface area contributed by atoms with Gasteiger partial charge in [0.1, 0.15) is 12.1 Å². The van der Waals surface area contributed by atoms with E-state index in [0.29, 0.717) is 33.8 Å². The van der Waals surface area contributed by atoms with Crippen molar-refractivity contribution in [3.05, 3.63) is 46.1 Å². The Balaban J connectivity index is 2.14. The number of aromatic nitrogens is 2. The number of hydrogen-bond acceptors (Lipinski definition) is 4. The summed E-state index contributed by atoms with van der Waals surface area (Å²) in [6.07, 6.45) is 1.42. The fourth-order valence-corrected chi connectivity index (χ4v) is 1.80. The minimum atomic E-state index is -0.277. The maximum atomic E-state index is 13.6. The van der Waals surface area contributed by atoms with Crippen molar-refractivity contribution >= 4 is 27.4 Å². The van der Waals surface area contributed by atoms with Crippen LogP contribution in [0.5, 0.6) is 0 Å². The summed E-state index contributed by atoms with van der Waals surface area (Å²) in [5.74, 6) is 0.242. The molecule has 0 atom stereocenters. The molecule has 6 heteroatoms. The van der Waals surface area contributed by atoms with E-state index in [1.54, 1.807) is 19.1 Å². The van der Waals surface area contributed by atoms with E-state index in [2.05, 4.69) is 31.2 Å². The third-order valence-corrected chi connectivity index (χ3v) is 3.04. The van der Waals surface area contributed by atoms with Crippen LogP contribution in [0, 0.1) is 12.7 Å². The average molecular weight is 311 g/mol. The van der Waals surface area contributed by atoms with Gasteiger partial charge in [-0.2, -0.15) is 0 Å². The molecule has 0 aliphatic rings. The number of benzene rings is 1. The summed E-state index contributed by atoms with van der Waals surface area (Å²) in [4.78, 5) is 7.99. The molecule has 0 saturated heterocycles. The Morgan fingerprint density at radius 3 is 2.89 bits per heavy atom. The molecule has 3 N–H and O–H groups in total. The normalized spacial score (nSPS) is 10.4. The van der Waals surface area contributed by atoms with Crippen molar-refractivity contribution < 1.29 is 4.39 Å². The Labute approximate surface area is 113 Å². The Bertz CT molecular complexity index is 574. The van der Waals surface area contributed by atoms with E-state index in [1.165, 1.54) is 12.4 Å². The van der Waals surface area contributed by atoms with Gasteiger partial charge in [-0.1, -0.05) is 22.0 Å². The van der Waals surface area contributed by atoms with Crippen molar-refractivity contribution in [3.8, 4) is 0 Å². The van der Waals surface area contributed by atoms with E-state index in [9.17, 15) is 4.39 Å². The highest BCUT2D eigenvalue weighted by molar-refractivity contribution is 9.10. The summed E-state index contributed by atoms with van der Waals surface area (Å²) >= 11 is 3.21. The molecule has 0 radical (unpaired) electrons. The monoisotopic (exact) mass is 310 g/mol. The number of rotatable bonds is 3. The van der Waals surface area contributed by atoms with Crippen LogP contribution in [0.25, 0.3) is 0 Å². The number of nitrogens with zero attached hydrogens (tertiary/aromatic N) is 2. The molecule has 0 bridgehead atoms. The minimum Gasteiger partial charge on any atom is -0.394 e. The van der Waals surface area contributed by atoms with Gasteiger partial charge in [-0.3, -0.25) is 0 Å². The molecule has 0 aliphatic heterocycles. The molecule has 1 aromatic heterocycles. The largest absolute Gasteiger partial charge is 0.394 e. The van der Waals surface area contributed by atoms with Crippen molar-refractivity contribution in [3.63, 3.8) is 0 Å². The second kappa shape index (κ2) is 5.30. The molecule has 1 heterocycles. The number of hydrogen-bond donors (Lipinski definition) is 2. The predicted octanol–water partition coefficient (Wildman–Crippen LogP) is 2.88. The lowest BCUT2D eigenvalue weighted by Gasteiger charge is -2.10. The van der Waals surface area contributed by atoms with Crippen molar-refractivity contribution in [1.29, 1.82) is 0 Å². The van der Waals surface area contributed by atoms with E-state index in [4.69, 9.17) is 5.73 Å². The van der Waals surface area contributed by atoms with Crippen LogP contribution in [0.3, 0.4) is 0 Å².